The van der Waals surface area contributed by atoms with Gasteiger partial charge in [0.05, 0.1) is 0 Å². The van der Waals surface area contributed by atoms with E-state index in [2.05, 4.69) is 16.7 Å². The van der Waals surface area contributed by atoms with Crippen molar-refractivity contribution in [1.82, 2.24) is 15.5 Å². The largest absolute Gasteiger partial charge is 0.355 e. The van der Waals surface area contributed by atoms with Gasteiger partial charge < -0.3 is 10.6 Å². The Hall–Kier alpha value is -2.37. The summed E-state index contributed by atoms with van der Waals surface area (Å²) in [5.74, 6) is -0.576. The SMILES string of the molecule is CCCCNC(=O)CN1C(=O)N[C@@]2(CCc3ccccc3C2)C1=O. The van der Waals surface area contributed by atoms with Crippen LogP contribution in [-0.4, -0.2) is 41.4 Å². The van der Waals surface area contributed by atoms with Crippen LogP contribution >= 0.6 is 0 Å². The Bertz CT molecular complexity index is 673. The van der Waals surface area contributed by atoms with E-state index < -0.39 is 11.6 Å². The number of amides is 4. The van der Waals surface area contributed by atoms with Gasteiger partial charge in [-0.05, 0) is 30.4 Å². The Morgan fingerprint density at radius 2 is 2.04 bits per heavy atom. The summed E-state index contributed by atoms with van der Waals surface area (Å²) >= 11 is 0. The van der Waals surface area contributed by atoms with E-state index in [1.807, 2.05) is 25.1 Å². The molecule has 1 aromatic rings. The molecule has 3 rings (SSSR count). The van der Waals surface area contributed by atoms with Crippen molar-refractivity contribution < 1.29 is 14.4 Å². The van der Waals surface area contributed by atoms with Crippen molar-refractivity contribution >= 4 is 17.8 Å². The Kier molecular flexibility index (Phi) is 4.55. The molecule has 24 heavy (non-hydrogen) atoms. The first-order chi connectivity index (χ1) is 11.6. The summed E-state index contributed by atoms with van der Waals surface area (Å²) in [4.78, 5) is 38.1. The Morgan fingerprint density at radius 3 is 2.79 bits per heavy atom. The Balaban J connectivity index is 1.69. The molecule has 1 saturated heterocycles. The standard InChI is InChI=1S/C18H23N3O3/c1-2-3-10-19-15(22)12-21-16(23)18(20-17(21)24)9-8-13-6-4-5-7-14(13)11-18/h4-7H,2-3,8-12H2,1H3,(H,19,22)(H,20,24)/t18-/m1/s1. The molecule has 1 heterocycles. The number of hydrogen-bond acceptors (Lipinski definition) is 3. The summed E-state index contributed by atoms with van der Waals surface area (Å²) in [5, 5.41) is 5.59. The lowest BCUT2D eigenvalue weighted by atomic mass is 9.78. The summed E-state index contributed by atoms with van der Waals surface area (Å²) < 4.78 is 0. The molecular weight excluding hydrogens is 306 g/mol. The number of urea groups is 1. The minimum Gasteiger partial charge on any atom is -0.355 e. The number of nitrogens with one attached hydrogen (secondary N) is 2. The summed E-state index contributed by atoms with van der Waals surface area (Å²) in [6.07, 6.45) is 3.67. The second kappa shape index (κ2) is 6.63. The van der Waals surface area contributed by atoms with Crippen molar-refractivity contribution in [2.45, 2.75) is 44.6 Å². The van der Waals surface area contributed by atoms with Gasteiger partial charge in [0.1, 0.15) is 12.1 Å². The van der Waals surface area contributed by atoms with Gasteiger partial charge in [-0.15, -0.1) is 0 Å². The zero-order chi connectivity index (χ0) is 17.2. The van der Waals surface area contributed by atoms with Gasteiger partial charge >= 0.3 is 6.03 Å². The van der Waals surface area contributed by atoms with Crippen LogP contribution in [0.15, 0.2) is 24.3 Å². The number of rotatable bonds is 5. The van der Waals surface area contributed by atoms with Gasteiger partial charge in [0.25, 0.3) is 5.91 Å². The number of benzene rings is 1. The molecular formula is C18H23N3O3. The van der Waals surface area contributed by atoms with Crippen LogP contribution in [0.3, 0.4) is 0 Å². The third kappa shape index (κ3) is 3.00. The predicted molar refractivity (Wildman–Crippen MR) is 89.4 cm³/mol. The maximum Gasteiger partial charge on any atom is 0.325 e. The lowest BCUT2D eigenvalue weighted by Crippen LogP contribution is -2.51. The molecule has 1 aliphatic carbocycles. The number of imide groups is 1. The number of hydrogen-bond donors (Lipinski definition) is 2. The van der Waals surface area contributed by atoms with Crippen molar-refractivity contribution in [1.29, 1.82) is 0 Å². The fourth-order valence-electron chi connectivity index (χ4n) is 3.45. The van der Waals surface area contributed by atoms with Crippen LogP contribution in [0.4, 0.5) is 4.79 Å². The van der Waals surface area contributed by atoms with Gasteiger partial charge in [0, 0.05) is 13.0 Å². The molecule has 1 spiro atoms. The molecule has 1 fully saturated rings. The molecule has 1 atom stereocenters. The molecule has 2 aliphatic rings. The van der Waals surface area contributed by atoms with E-state index in [-0.39, 0.29) is 18.4 Å². The maximum absolute atomic E-state index is 12.8. The molecule has 0 unspecified atom stereocenters. The van der Waals surface area contributed by atoms with Crippen molar-refractivity contribution in [3.05, 3.63) is 35.4 Å². The van der Waals surface area contributed by atoms with Gasteiger partial charge in [-0.3, -0.25) is 14.5 Å². The summed E-state index contributed by atoms with van der Waals surface area (Å²) in [6, 6.07) is 7.51. The molecule has 0 aromatic heterocycles. The first-order valence-electron chi connectivity index (χ1n) is 8.53. The fraction of sp³-hybridized carbons (Fsp3) is 0.500. The Morgan fingerprint density at radius 1 is 1.29 bits per heavy atom. The Labute approximate surface area is 141 Å². The van der Waals surface area contributed by atoms with Gasteiger partial charge in [0.2, 0.25) is 5.91 Å². The van der Waals surface area contributed by atoms with Crippen LogP contribution in [0.1, 0.15) is 37.3 Å². The lowest BCUT2D eigenvalue weighted by molar-refractivity contribution is -0.135. The monoisotopic (exact) mass is 329 g/mol. The number of carbonyl (C=O) groups excluding carboxylic acids is 3. The highest BCUT2D eigenvalue weighted by molar-refractivity contribution is 6.09. The maximum atomic E-state index is 12.8. The number of unbranched alkanes of at least 4 members (excludes halogenated alkanes) is 1. The molecule has 0 radical (unpaired) electrons. The van der Waals surface area contributed by atoms with Crippen LogP contribution < -0.4 is 10.6 Å². The van der Waals surface area contributed by atoms with Crippen molar-refractivity contribution in [3.63, 3.8) is 0 Å². The van der Waals surface area contributed by atoms with Crippen molar-refractivity contribution in [2.75, 3.05) is 13.1 Å². The molecule has 2 N–H and O–H groups in total. The van der Waals surface area contributed by atoms with E-state index in [1.54, 1.807) is 0 Å². The number of nitrogens with zero attached hydrogens (tertiary/aromatic N) is 1. The molecule has 1 aliphatic heterocycles. The second-order valence-electron chi connectivity index (χ2n) is 6.55. The van der Waals surface area contributed by atoms with Crippen molar-refractivity contribution in [3.8, 4) is 0 Å². The lowest BCUT2D eigenvalue weighted by Gasteiger charge is -2.32. The quantitative estimate of drug-likeness (QED) is 0.633. The molecule has 4 amide bonds. The fourth-order valence-corrected chi connectivity index (χ4v) is 3.45. The minimum atomic E-state index is -0.894. The third-order valence-electron chi connectivity index (χ3n) is 4.83. The molecule has 128 valence electrons. The average molecular weight is 329 g/mol. The second-order valence-corrected chi connectivity index (χ2v) is 6.55. The summed E-state index contributed by atoms with van der Waals surface area (Å²) in [7, 11) is 0. The number of carbonyl (C=O) groups is 3. The van der Waals surface area contributed by atoms with E-state index in [9.17, 15) is 14.4 Å². The van der Waals surface area contributed by atoms with Crippen LogP contribution in [-0.2, 0) is 22.4 Å². The van der Waals surface area contributed by atoms with Gasteiger partial charge in [-0.25, -0.2) is 4.79 Å². The highest BCUT2D eigenvalue weighted by atomic mass is 16.2. The van der Waals surface area contributed by atoms with Crippen LogP contribution in [0.5, 0.6) is 0 Å². The summed E-state index contributed by atoms with van der Waals surface area (Å²) in [6.45, 7) is 2.39. The first kappa shape index (κ1) is 16.5. The van der Waals surface area contributed by atoms with E-state index in [0.29, 0.717) is 19.4 Å². The van der Waals surface area contributed by atoms with Crippen LogP contribution in [0, 0.1) is 0 Å². The van der Waals surface area contributed by atoms with E-state index in [0.717, 1.165) is 29.7 Å². The van der Waals surface area contributed by atoms with Crippen LogP contribution in [0.25, 0.3) is 0 Å². The predicted octanol–water partition coefficient (Wildman–Crippen LogP) is 1.38. The smallest absolute Gasteiger partial charge is 0.325 e. The summed E-state index contributed by atoms with van der Waals surface area (Å²) in [5.41, 5.74) is 1.42. The molecule has 6 nitrogen and oxygen atoms in total. The average Bonchev–Trinajstić information content (AvgIpc) is 2.79. The van der Waals surface area contributed by atoms with Crippen molar-refractivity contribution in [2.24, 2.45) is 0 Å². The topological polar surface area (TPSA) is 78.5 Å². The first-order valence-corrected chi connectivity index (χ1v) is 8.53. The van der Waals surface area contributed by atoms with Gasteiger partial charge in [-0.1, -0.05) is 37.6 Å². The third-order valence-corrected chi connectivity index (χ3v) is 4.83. The number of aryl methyl sites for hydroxylation is 1. The zero-order valence-corrected chi connectivity index (χ0v) is 13.9. The molecule has 1 aromatic carbocycles. The van der Waals surface area contributed by atoms with E-state index in [4.69, 9.17) is 0 Å². The zero-order valence-electron chi connectivity index (χ0n) is 13.9. The molecule has 6 heteroatoms. The van der Waals surface area contributed by atoms with Gasteiger partial charge in [0.15, 0.2) is 0 Å². The highest BCUT2D eigenvalue weighted by Crippen LogP contribution is 2.33. The minimum absolute atomic E-state index is 0.211. The molecule has 0 bridgehead atoms. The highest BCUT2D eigenvalue weighted by Gasteiger charge is 2.52. The van der Waals surface area contributed by atoms with E-state index in [1.165, 1.54) is 5.56 Å². The van der Waals surface area contributed by atoms with Gasteiger partial charge in [-0.2, -0.15) is 0 Å². The number of fused-ring (bicyclic) bond motifs is 1. The van der Waals surface area contributed by atoms with Crippen LogP contribution in [0.2, 0.25) is 0 Å². The normalized spacial score (nSPS) is 22.5. The van der Waals surface area contributed by atoms with E-state index >= 15 is 0 Å². The molecule has 0 saturated carbocycles.